The topological polar surface area (TPSA) is 93.3 Å². The zero-order valence-electron chi connectivity index (χ0n) is 20.2. The number of nitrogens with one attached hydrogen (secondary N) is 1. The molecule has 9 nitrogen and oxygen atoms in total. The standard InChI is InChI=1S/C25H30BrN7O2/c1-16-18(13-31-9-7-20(34)15-31)14-33(30-16)23-6-8-27-25(29-23)28-19-4-5-22-21(12-19)24(26)17(2)32(22)10-11-35-3/h4-6,8,12,14,20,34H,7,9-11,13,15H2,1-3H3,(H,27,28,29)/t20-/m1/s1. The van der Waals surface area contributed by atoms with Crippen LogP contribution in [0.25, 0.3) is 16.7 Å². The monoisotopic (exact) mass is 539 g/mol. The summed E-state index contributed by atoms with van der Waals surface area (Å²) in [7, 11) is 1.72. The van der Waals surface area contributed by atoms with E-state index in [-0.39, 0.29) is 6.10 Å². The van der Waals surface area contributed by atoms with Crippen molar-refractivity contribution in [2.45, 2.75) is 39.5 Å². The van der Waals surface area contributed by atoms with Gasteiger partial charge in [0, 0.05) is 84.1 Å². The molecule has 1 atom stereocenters. The molecule has 4 heterocycles. The number of nitrogens with zero attached hydrogens (tertiary/aromatic N) is 6. The third-order valence-electron chi connectivity index (χ3n) is 6.54. The molecule has 1 saturated heterocycles. The third kappa shape index (κ3) is 4.97. The number of methoxy groups -OCH3 is 1. The minimum Gasteiger partial charge on any atom is -0.392 e. The van der Waals surface area contributed by atoms with E-state index in [0.29, 0.717) is 24.9 Å². The van der Waals surface area contributed by atoms with E-state index in [4.69, 9.17) is 9.72 Å². The molecule has 4 aromatic rings. The lowest BCUT2D eigenvalue weighted by Gasteiger charge is -2.13. The highest BCUT2D eigenvalue weighted by molar-refractivity contribution is 9.10. The zero-order valence-corrected chi connectivity index (χ0v) is 21.8. The van der Waals surface area contributed by atoms with Crippen LogP contribution in [0.2, 0.25) is 0 Å². The van der Waals surface area contributed by atoms with Gasteiger partial charge in [0.2, 0.25) is 5.95 Å². The Morgan fingerprint density at radius 3 is 2.89 bits per heavy atom. The van der Waals surface area contributed by atoms with Crippen molar-refractivity contribution in [2.24, 2.45) is 0 Å². The molecule has 0 bridgehead atoms. The Labute approximate surface area is 212 Å². The summed E-state index contributed by atoms with van der Waals surface area (Å²) in [5.74, 6) is 1.20. The van der Waals surface area contributed by atoms with Crippen molar-refractivity contribution in [2.75, 3.05) is 32.1 Å². The molecule has 5 rings (SSSR count). The van der Waals surface area contributed by atoms with E-state index in [0.717, 1.165) is 58.4 Å². The van der Waals surface area contributed by atoms with Crippen LogP contribution in [0.3, 0.4) is 0 Å². The second-order valence-electron chi connectivity index (χ2n) is 9.00. The minimum atomic E-state index is -0.228. The van der Waals surface area contributed by atoms with E-state index < -0.39 is 0 Å². The number of aryl methyl sites for hydroxylation is 1. The zero-order chi connectivity index (χ0) is 24.5. The summed E-state index contributed by atoms with van der Waals surface area (Å²) in [5, 5.41) is 18.9. The van der Waals surface area contributed by atoms with Gasteiger partial charge >= 0.3 is 0 Å². The number of halogens is 1. The van der Waals surface area contributed by atoms with Crippen LogP contribution >= 0.6 is 15.9 Å². The Morgan fingerprint density at radius 1 is 1.26 bits per heavy atom. The lowest BCUT2D eigenvalue weighted by molar-refractivity contribution is 0.174. The van der Waals surface area contributed by atoms with Gasteiger partial charge in [-0.1, -0.05) is 0 Å². The molecule has 0 spiro atoms. The summed E-state index contributed by atoms with van der Waals surface area (Å²) in [5.41, 5.74) is 5.32. The largest absolute Gasteiger partial charge is 0.392 e. The predicted molar refractivity (Wildman–Crippen MR) is 139 cm³/mol. The van der Waals surface area contributed by atoms with E-state index >= 15 is 0 Å². The van der Waals surface area contributed by atoms with Crippen molar-refractivity contribution in [3.05, 3.63) is 58.1 Å². The van der Waals surface area contributed by atoms with Crippen molar-refractivity contribution in [3.63, 3.8) is 0 Å². The smallest absolute Gasteiger partial charge is 0.229 e. The molecule has 2 N–H and O–H groups in total. The van der Waals surface area contributed by atoms with Gasteiger partial charge in [-0.3, -0.25) is 4.90 Å². The van der Waals surface area contributed by atoms with E-state index in [2.05, 4.69) is 59.9 Å². The summed E-state index contributed by atoms with van der Waals surface area (Å²) in [6.07, 6.45) is 4.35. The second kappa shape index (κ2) is 10.1. The Balaban J connectivity index is 1.36. The van der Waals surface area contributed by atoms with E-state index in [9.17, 15) is 5.11 Å². The molecule has 3 aromatic heterocycles. The molecule has 35 heavy (non-hydrogen) atoms. The summed E-state index contributed by atoms with van der Waals surface area (Å²) >= 11 is 3.75. The molecule has 1 aliphatic heterocycles. The number of hydrogen-bond acceptors (Lipinski definition) is 7. The maximum atomic E-state index is 9.81. The highest BCUT2D eigenvalue weighted by Crippen LogP contribution is 2.33. The molecule has 1 aromatic carbocycles. The molecular formula is C25H30BrN7O2. The summed E-state index contributed by atoms with van der Waals surface area (Å²) in [6.45, 7) is 7.96. The lowest BCUT2D eigenvalue weighted by atomic mass is 10.2. The first kappa shape index (κ1) is 23.9. The Hall–Kier alpha value is -2.79. The number of fused-ring (bicyclic) bond motifs is 1. The quantitative estimate of drug-likeness (QED) is 0.350. The summed E-state index contributed by atoms with van der Waals surface area (Å²) < 4.78 is 10.4. The number of β-amino-alcohol motifs (C(OH)–C–C–N with tert-alkyl or cyclic N) is 1. The molecule has 1 fully saturated rings. The van der Waals surface area contributed by atoms with Gasteiger partial charge in [0.05, 0.1) is 18.4 Å². The fraction of sp³-hybridized carbons (Fsp3) is 0.400. The number of aliphatic hydroxyl groups is 1. The highest BCUT2D eigenvalue weighted by atomic mass is 79.9. The summed E-state index contributed by atoms with van der Waals surface area (Å²) in [6, 6.07) is 8.09. The number of ether oxygens (including phenoxy) is 1. The Morgan fingerprint density at radius 2 is 2.11 bits per heavy atom. The van der Waals surface area contributed by atoms with Crippen molar-refractivity contribution >= 4 is 38.5 Å². The normalized spacial score (nSPS) is 16.4. The number of benzene rings is 1. The van der Waals surface area contributed by atoms with E-state index in [1.54, 1.807) is 18.0 Å². The minimum absolute atomic E-state index is 0.228. The van der Waals surface area contributed by atoms with E-state index in [1.165, 1.54) is 5.69 Å². The van der Waals surface area contributed by atoms with Gasteiger partial charge in [-0.15, -0.1) is 0 Å². The first-order valence-corrected chi connectivity index (χ1v) is 12.6. The molecule has 184 valence electrons. The van der Waals surface area contributed by atoms with Gasteiger partial charge < -0.3 is 19.7 Å². The van der Waals surface area contributed by atoms with Gasteiger partial charge in [-0.25, -0.2) is 9.67 Å². The van der Waals surface area contributed by atoms with E-state index in [1.807, 2.05) is 25.3 Å². The number of likely N-dealkylation sites (tertiary alicyclic amines) is 1. The first-order chi connectivity index (χ1) is 16.9. The number of anilines is 2. The van der Waals surface area contributed by atoms with Gasteiger partial charge in [-0.05, 0) is 54.4 Å². The molecule has 0 aliphatic carbocycles. The fourth-order valence-corrected chi connectivity index (χ4v) is 5.15. The molecular weight excluding hydrogens is 510 g/mol. The molecule has 0 unspecified atom stereocenters. The maximum absolute atomic E-state index is 9.81. The fourth-order valence-electron chi connectivity index (χ4n) is 4.62. The Bertz CT molecular complexity index is 1350. The van der Waals surface area contributed by atoms with Crippen molar-refractivity contribution in [1.29, 1.82) is 0 Å². The number of rotatable bonds is 8. The van der Waals surface area contributed by atoms with Crippen LogP contribution in [0.15, 0.2) is 41.1 Å². The number of aromatic nitrogens is 5. The highest BCUT2D eigenvalue weighted by Gasteiger charge is 2.21. The van der Waals surface area contributed by atoms with Crippen LogP contribution in [0.5, 0.6) is 0 Å². The van der Waals surface area contributed by atoms with Crippen molar-refractivity contribution in [1.82, 2.24) is 29.2 Å². The van der Waals surface area contributed by atoms with Crippen LogP contribution in [0.4, 0.5) is 11.6 Å². The molecule has 0 amide bonds. The van der Waals surface area contributed by atoms with Crippen LogP contribution in [0, 0.1) is 13.8 Å². The second-order valence-corrected chi connectivity index (χ2v) is 9.79. The van der Waals surface area contributed by atoms with Crippen molar-refractivity contribution in [3.8, 4) is 5.82 Å². The van der Waals surface area contributed by atoms with Gasteiger partial charge in [0.1, 0.15) is 0 Å². The average molecular weight is 540 g/mol. The van der Waals surface area contributed by atoms with Gasteiger partial charge in [0.15, 0.2) is 5.82 Å². The van der Waals surface area contributed by atoms with Crippen molar-refractivity contribution < 1.29 is 9.84 Å². The van der Waals surface area contributed by atoms with Crippen LogP contribution in [-0.2, 0) is 17.8 Å². The molecule has 0 radical (unpaired) electrons. The number of hydrogen-bond donors (Lipinski definition) is 2. The van der Waals surface area contributed by atoms with Gasteiger partial charge in [-0.2, -0.15) is 10.1 Å². The molecule has 0 saturated carbocycles. The predicted octanol–water partition coefficient (Wildman–Crippen LogP) is 3.95. The molecule has 1 aliphatic rings. The average Bonchev–Trinajstić information content (AvgIpc) is 3.50. The number of aliphatic hydroxyl groups excluding tert-OH is 1. The van der Waals surface area contributed by atoms with Gasteiger partial charge in [0.25, 0.3) is 0 Å². The van der Waals surface area contributed by atoms with Crippen LogP contribution < -0.4 is 5.32 Å². The van der Waals surface area contributed by atoms with Crippen LogP contribution in [0.1, 0.15) is 23.4 Å². The Kier molecular flexibility index (Phi) is 6.88. The lowest BCUT2D eigenvalue weighted by Crippen LogP contribution is -2.21. The van der Waals surface area contributed by atoms with Crippen LogP contribution in [-0.4, -0.2) is 67.2 Å². The third-order valence-corrected chi connectivity index (χ3v) is 7.54. The SMILES string of the molecule is COCCn1c(C)c(Br)c2cc(Nc3nccc(-n4cc(CN5CC[C@@H](O)C5)c(C)n4)n3)ccc21. The summed E-state index contributed by atoms with van der Waals surface area (Å²) in [4.78, 5) is 11.4. The molecule has 10 heteroatoms. The maximum Gasteiger partial charge on any atom is 0.229 e. The first-order valence-electron chi connectivity index (χ1n) is 11.8.